The fraction of sp³-hybridized carbons (Fsp3) is 0.250. The Morgan fingerprint density at radius 2 is 1.75 bits per heavy atom. The molecule has 2 heterocycles. The average Bonchev–Trinajstić information content (AvgIpc) is 2.84. The van der Waals surface area contributed by atoms with Crippen LogP contribution < -0.4 is 15.5 Å². The van der Waals surface area contributed by atoms with Crippen LogP contribution in [0.15, 0.2) is 60.8 Å². The fourth-order valence-corrected chi connectivity index (χ4v) is 4.61. The van der Waals surface area contributed by atoms with Crippen molar-refractivity contribution in [3.05, 3.63) is 72.2 Å². The van der Waals surface area contributed by atoms with Crippen LogP contribution in [0.3, 0.4) is 0 Å². The molecule has 0 spiro atoms. The van der Waals surface area contributed by atoms with Crippen LogP contribution in [-0.2, 0) is 4.79 Å². The molecule has 5 rings (SSSR count). The molecule has 0 atom stereocenters. The van der Waals surface area contributed by atoms with Crippen LogP contribution in [0.1, 0.15) is 12.5 Å². The third kappa shape index (κ3) is 4.99. The van der Waals surface area contributed by atoms with Gasteiger partial charge in [0.1, 0.15) is 5.82 Å². The van der Waals surface area contributed by atoms with E-state index in [-0.39, 0.29) is 5.91 Å². The molecule has 7 nitrogen and oxygen atoms in total. The van der Waals surface area contributed by atoms with Gasteiger partial charge in [-0.3, -0.25) is 4.79 Å². The highest BCUT2D eigenvalue weighted by Crippen LogP contribution is 2.32. The van der Waals surface area contributed by atoms with Crippen molar-refractivity contribution in [2.75, 3.05) is 48.8 Å². The molecular weight excluding hydrogens is 455 g/mol. The maximum absolute atomic E-state index is 15.0. The first kappa shape index (κ1) is 23.7. The van der Waals surface area contributed by atoms with Gasteiger partial charge in [0.15, 0.2) is 0 Å². The highest BCUT2D eigenvalue weighted by Gasteiger charge is 2.16. The number of rotatable bonds is 5. The summed E-state index contributed by atoms with van der Waals surface area (Å²) >= 11 is 0. The van der Waals surface area contributed by atoms with Crippen LogP contribution in [0, 0.1) is 12.7 Å². The van der Waals surface area contributed by atoms with Crippen molar-refractivity contribution in [3.63, 3.8) is 0 Å². The Balaban J connectivity index is 1.43. The van der Waals surface area contributed by atoms with E-state index in [2.05, 4.69) is 51.5 Å². The van der Waals surface area contributed by atoms with E-state index in [0.717, 1.165) is 37.3 Å². The molecule has 1 aliphatic rings. The number of carbonyl (C=O) groups is 1. The Labute approximate surface area is 210 Å². The number of aryl methyl sites for hydroxylation is 1. The number of amides is 1. The zero-order valence-corrected chi connectivity index (χ0v) is 20.7. The summed E-state index contributed by atoms with van der Waals surface area (Å²) < 4.78 is 15.0. The van der Waals surface area contributed by atoms with Gasteiger partial charge in [-0.25, -0.2) is 14.4 Å². The summed E-state index contributed by atoms with van der Waals surface area (Å²) in [5.74, 6) is -0.239. The Hall–Kier alpha value is -4.04. The third-order valence-electron chi connectivity index (χ3n) is 6.49. The molecule has 1 aliphatic heterocycles. The van der Waals surface area contributed by atoms with Crippen molar-refractivity contribution in [1.29, 1.82) is 0 Å². The van der Waals surface area contributed by atoms with Crippen molar-refractivity contribution in [1.82, 2.24) is 14.9 Å². The smallest absolute Gasteiger partial charge is 0.227 e. The number of piperazine rings is 1. The Bertz CT molecular complexity index is 1430. The topological polar surface area (TPSA) is 73.4 Å². The zero-order valence-electron chi connectivity index (χ0n) is 20.7. The van der Waals surface area contributed by atoms with Gasteiger partial charge in [-0.2, -0.15) is 0 Å². The minimum atomic E-state index is -0.433. The number of anilines is 4. The van der Waals surface area contributed by atoms with E-state index in [1.165, 1.54) is 24.2 Å². The molecule has 8 heteroatoms. The van der Waals surface area contributed by atoms with Crippen LogP contribution in [0.2, 0.25) is 0 Å². The number of nitrogens with zero attached hydrogens (tertiary/aromatic N) is 4. The van der Waals surface area contributed by atoms with Gasteiger partial charge in [-0.15, -0.1) is 0 Å². The lowest BCUT2D eigenvalue weighted by atomic mass is 10.0. The lowest BCUT2D eigenvalue weighted by molar-refractivity contribution is -0.114. The highest BCUT2D eigenvalue weighted by atomic mass is 19.1. The molecule has 1 amide bonds. The summed E-state index contributed by atoms with van der Waals surface area (Å²) in [6.07, 6.45) is 1.74. The van der Waals surface area contributed by atoms with E-state index in [1.807, 2.05) is 24.3 Å². The lowest BCUT2D eigenvalue weighted by Gasteiger charge is -2.35. The molecule has 3 aromatic carbocycles. The second kappa shape index (κ2) is 9.91. The molecule has 0 bridgehead atoms. The van der Waals surface area contributed by atoms with Gasteiger partial charge in [0.2, 0.25) is 11.9 Å². The lowest BCUT2D eigenvalue weighted by Crippen LogP contribution is -2.44. The number of para-hydroxylation sites is 1. The molecule has 36 heavy (non-hydrogen) atoms. The van der Waals surface area contributed by atoms with Crippen LogP contribution in [0.5, 0.6) is 0 Å². The van der Waals surface area contributed by atoms with Gasteiger partial charge in [0.05, 0.1) is 5.52 Å². The van der Waals surface area contributed by atoms with E-state index in [4.69, 9.17) is 4.98 Å². The normalized spacial score (nSPS) is 14.2. The second-order valence-corrected chi connectivity index (χ2v) is 9.23. The quantitative estimate of drug-likeness (QED) is 0.406. The first-order valence-corrected chi connectivity index (χ1v) is 12.0. The number of halogens is 1. The highest BCUT2D eigenvalue weighted by molar-refractivity contribution is 5.95. The van der Waals surface area contributed by atoms with Crippen molar-refractivity contribution >= 4 is 39.8 Å². The molecule has 1 fully saturated rings. The number of aromatic nitrogens is 2. The Kier molecular flexibility index (Phi) is 6.52. The first-order valence-electron chi connectivity index (χ1n) is 12.0. The third-order valence-corrected chi connectivity index (χ3v) is 6.49. The molecule has 0 unspecified atom stereocenters. The van der Waals surface area contributed by atoms with Crippen molar-refractivity contribution in [2.45, 2.75) is 13.8 Å². The molecule has 2 N–H and O–H groups in total. The largest absolute Gasteiger partial charge is 0.369 e. The summed E-state index contributed by atoms with van der Waals surface area (Å²) in [4.78, 5) is 25.3. The SMILES string of the molecule is CC(=O)Nc1ccc(-c2cccc3cnc(Nc4ccc(N5CCN(C)CC5)c(C)c4)nc23)c(F)c1. The monoisotopic (exact) mass is 484 g/mol. The van der Waals surface area contributed by atoms with Crippen molar-refractivity contribution in [3.8, 4) is 11.1 Å². The fourth-order valence-electron chi connectivity index (χ4n) is 4.61. The summed E-state index contributed by atoms with van der Waals surface area (Å²) in [5, 5.41) is 6.73. The van der Waals surface area contributed by atoms with E-state index in [1.54, 1.807) is 18.3 Å². The van der Waals surface area contributed by atoms with E-state index in [0.29, 0.717) is 28.3 Å². The molecule has 0 aliphatic carbocycles. The number of likely N-dealkylation sites (N-methyl/N-ethyl adjacent to an activating group) is 1. The zero-order chi connectivity index (χ0) is 25.2. The first-order chi connectivity index (χ1) is 17.4. The Morgan fingerprint density at radius 3 is 2.47 bits per heavy atom. The summed E-state index contributed by atoms with van der Waals surface area (Å²) in [6, 6.07) is 16.5. The van der Waals surface area contributed by atoms with E-state index in [9.17, 15) is 4.79 Å². The van der Waals surface area contributed by atoms with Gasteiger partial charge >= 0.3 is 0 Å². The number of fused-ring (bicyclic) bond motifs is 1. The van der Waals surface area contributed by atoms with Gasteiger partial charge in [0.25, 0.3) is 0 Å². The number of carbonyl (C=O) groups excluding carboxylic acids is 1. The van der Waals surface area contributed by atoms with Gasteiger partial charge < -0.3 is 20.4 Å². The standard InChI is InChI=1S/C28H29FN6O/c1-18-15-21(8-10-26(18)35-13-11-34(3)12-14-35)32-28-30-17-20-5-4-6-24(27(20)33-28)23-9-7-22(16-25(23)29)31-19(2)36/h4-10,15-17H,11-14H2,1-3H3,(H,31,36)(H,30,32,33). The van der Waals surface area contributed by atoms with Crippen LogP contribution in [0.4, 0.5) is 27.4 Å². The predicted molar refractivity (Wildman–Crippen MR) is 143 cm³/mol. The molecule has 184 valence electrons. The average molecular weight is 485 g/mol. The van der Waals surface area contributed by atoms with Gasteiger partial charge in [-0.05, 0) is 55.9 Å². The molecule has 1 saturated heterocycles. The van der Waals surface area contributed by atoms with Crippen molar-refractivity contribution in [2.24, 2.45) is 0 Å². The molecule has 1 aromatic heterocycles. The minimum absolute atomic E-state index is 0.248. The second-order valence-electron chi connectivity index (χ2n) is 9.23. The van der Waals surface area contributed by atoms with Crippen molar-refractivity contribution < 1.29 is 9.18 Å². The number of benzene rings is 3. The molecule has 4 aromatic rings. The summed E-state index contributed by atoms with van der Waals surface area (Å²) in [5.41, 5.74) is 5.45. The van der Waals surface area contributed by atoms with Gasteiger partial charge in [-0.1, -0.05) is 18.2 Å². The minimum Gasteiger partial charge on any atom is -0.369 e. The maximum atomic E-state index is 15.0. The molecular formula is C28H29FN6O. The molecule has 0 saturated carbocycles. The maximum Gasteiger partial charge on any atom is 0.227 e. The van der Waals surface area contributed by atoms with Crippen LogP contribution in [-0.4, -0.2) is 54.0 Å². The van der Waals surface area contributed by atoms with E-state index >= 15 is 4.39 Å². The molecule has 0 radical (unpaired) electrons. The Morgan fingerprint density at radius 1 is 0.972 bits per heavy atom. The number of nitrogens with one attached hydrogen (secondary N) is 2. The summed E-state index contributed by atoms with van der Waals surface area (Å²) in [7, 11) is 2.15. The van der Waals surface area contributed by atoms with Crippen LogP contribution in [0.25, 0.3) is 22.0 Å². The van der Waals surface area contributed by atoms with Gasteiger partial charge in [0, 0.05) is 72.9 Å². The van der Waals surface area contributed by atoms with Crippen LogP contribution >= 0.6 is 0 Å². The van der Waals surface area contributed by atoms with E-state index < -0.39 is 5.82 Å². The predicted octanol–water partition coefficient (Wildman–Crippen LogP) is 5.20. The summed E-state index contributed by atoms with van der Waals surface area (Å²) in [6.45, 7) is 7.66. The number of hydrogen-bond acceptors (Lipinski definition) is 6. The number of hydrogen-bond donors (Lipinski definition) is 2.